The van der Waals surface area contributed by atoms with Crippen LogP contribution in [0.1, 0.15) is 49.3 Å². The molecule has 3 aromatic rings. The van der Waals surface area contributed by atoms with Crippen molar-refractivity contribution >= 4 is 0 Å². The highest BCUT2D eigenvalue weighted by Gasteiger charge is 2.31. The third kappa shape index (κ3) is 4.66. The van der Waals surface area contributed by atoms with Crippen LogP contribution in [0, 0.1) is 0 Å². The first-order valence-electron chi connectivity index (χ1n) is 10.7. The van der Waals surface area contributed by atoms with Gasteiger partial charge in [-0.2, -0.15) is 18.3 Å². The van der Waals surface area contributed by atoms with Crippen molar-refractivity contribution in [2.24, 2.45) is 0 Å². The topological polar surface area (TPSA) is 44.8 Å². The molecular weight excluding hydrogens is 401 g/mol. The first-order chi connectivity index (χ1) is 14.8. The van der Waals surface area contributed by atoms with Gasteiger partial charge in [0.05, 0.1) is 5.56 Å². The van der Waals surface area contributed by atoms with Gasteiger partial charge in [-0.3, -0.25) is 10.1 Å². The zero-order chi connectivity index (χ0) is 22.0. The fourth-order valence-electron chi connectivity index (χ4n) is 4.57. The van der Waals surface area contributed by atoms with Crippen LogP contribution in [0.25, 0.3) is 22.4 Å². The van der Waals surface area contributed by atoms with Crippen molar-refractivity contribution in [3.8, 4) is 22.4 Å². The zero-order valence-electron chi connectivity index (χ0n) is 17.8. The Morgan fingerprint density at radius 3 is 2.26 bits per heavy atom. The number of H-pyrrole nitrogens is 1. The largest absolute Gasteiger partial charge is 0.416 e. The Balaban J connectivity index is 1.73. The van der Waals surface area contributed by atoms with E-state index in [2.05, 4.69) is 34.2 Å². The molecule has 4 nitrogen and oxygen atoms in total. The minimum absolute atomic E-state index is 0.337. The van der Waals surface area contributed by atoms with Crippen LogP contribution < -0.4 is 0 Å². The summed E-state index contributed by atoms with van der Waals surface area (Å²) in [4.78, 5) is 6.42. The molecule has 1 saturated carbocycles. The molecule has 1 aliphatic rings. The summed E-state index contributed by atoms with van der Waals surface area (Å²) in [6.07, 6.45) is 4.66. The van der Waals surface area contributed by atoms with Gasteiger partial charge in [-0.15, -0.1) is 0 Å². The number of nitrogens with zero attached hydrogens (tertiary/aromatic N) is 3. The predicted octanol–water partition coefficient (Wildman–Crippen LogP) is 6.14. The lowest BCUT2D eigenvalue weighted by Gasteiger charge is -2.22. The number of pyridine rings is 1. The smallest absolute Gasteiger partial charge is 0.306 e. The molecule has 2 aromatic heterocycles. The minimum Gasteiger partial charge on any atom is -0.306 e. The van der Waals surface area contributed by atoms with Crippen LogP contribution in [0.4, 0.5) is 13.2 Å². The molecule has 0 saturated heterocycles. The second-order valence-electron chi connectivity index (χ2n) is 8.49. The number of aromatic nitrogens is 3. The van der Waals surface area contributed by atoms with Gasteiger partial charge in [0.1, 0.15) is 5.69 Å². The molecule has 0 amide bonds. The molecule has 2 atom stereocenters. The van der Waals surface area contributed by atoms with Crippen molar-refractivity contribution in [3.05, 3.63) is 60.0 Å². The van der Waals surface area contributed by atoms with E-state index in [1.165, 1.54) is 18.6 Å². The molecule has 0 spiro atoms. The van der Waals surface area contributed by atoms with Gasteiger partial charge in [0.2, 0.25) is 0 Å². The lowest BCUT2D eigenvalue weighted by molar-refractivity contribution is -0.137. The maximum atomic E-state index is 13.0. The molecule has 4 rings (SSSR count). The first-order valence-corrected chi connectivity index (χ1v) is 10.7. The molecule has 7 heteroatoms. The standard InChI is InChI=1S/C24H27F3N4/c1-31(2)20-5-3-4-17(8-11-20)22-21(16-12-14-28-15-13-16)23(30-29-22)18-6-9-19(10-7-18)24(25,26)27/h6-7,9-10,12-15,17,20H,3-5,8,11H2,1-2H3,(H,29,30)/t17-,20+/m1/s1. The molecule has 0 aliphatic heterocycles. The summed E-state index contributed by atoms with van der Waals surface area (Å²) in [5.74, 6) is 0.337. The van der Waals surface area contributed by atoms with Crippen LogP contribution in [0.2, 0.25) is 0 Å². The lowest BCUT2D eigenvalue weighted by atomic mass is 9.89. The number of alkyl halides is 3. The van der Waals surface area contributed by atoms with E-state index < -0.39 is 11.7 Å². The number of aromatic amines is 1. The number of rotatable bonds is 4. The quantitative estimate of drug-likeness (QED) is 0.508. The predicted molar refractivity (Wildman–Crippen MR) is 116 cm³/mol. The van der Waals surface area contributed by atoms with Crippen molar-refractivity contribution in [2.75, 3.05) is 14.1 Å². The molecule has 0 unspecified atom stereocenters. The second kappa shape index (κ2) is 8.83. The van der Waals surface area contributed by atoms with Gasteiger partial charge >= 0.3 is 6.18 Å². The van der Waals surface area contributed by atoms with Crippen LogP contribution in [-0.4, -0.2) is 40.2 Å². The first kappa shape index (κ1) is 21.6. The van der Waals surface area contributed by atoms with E-state index in [1.807, 2.05) is 12.1 Å². The summed E-state index contributed by atoms with van der Waals surface area (Å²) in [6.45, 7) is 0. The van der Waals surface area contributed by atoms with Crippen molar-refractivity contribution in [1.82, 2.24) is 20.1 Å². The van der Waals surface area contributed by atoms with Crippen molar-refractivity contribution in [2.45, 2.75) is 50.2 Å². The molecule has 31 heavy (non-hydrogen) atoms. The molecule has 1 fully saturated rings. The highest BCUT2D eigenvalue weighted by Crippen LogP contribution is 2.41. The lowest BCUT2D eigenvalue weighted by Crippen LogP contribution is -2.26. The van der Waals surface area contributed by atoms with Gasteiger partial charge in [0.25, 0.3) is 0 Å². The van der Waals surface area contributed by atoms with E-state index in [4.69, 9.17) is 0 Å². The number of benzene rings is 1. The Kier molecular flexibility index (Phi) is 6.14. The van der Waals surface area contributed by atoms with E-state index in [9.17, 15) is 13.2 Å². The molecule has 1 aliphatic carbocycles. The number of hydrogen-bond donors (Lipinski definition) is 1. The van der Waals surface area contributed by atoms with Gasteiger partial charge in [0.15, 0.2) is 0 Å². The van der Waals surface area contributed by atoms with Crippen LogP contribution >= 0.6 is 0 Å². The van der Waals surface area contributed by atoms with Crippen LogP contribution in [0.3, 0.4) is 0 Å². The van der Waals surface area contributed by atoms with E-state index in [0.29, 0.717) is 23.2 Å². The average molecular weight is 429 g/mol. The summed E-state index contributed by atoms with van der Waals surface area (Å²) in [6, 6.07) is 9.68. The van der Waals surface area contributed by atoms with Gasteiger partial charge in [0, 0.05) is 41.2 Å². The molecule has 1 aromatic carbocycles. The van der Waals surface area contributed by atoms with Crippen molar-refractivity contribution < 1.29 is 13.2 Å². The fraction of sp³-hybridized carbons (Fsp3) is 0.417. The van der Waals surface area contributed by atoms with Crippen molar-refractivity contribution in [3.63, 3.8) is 0 Å². The maximum absolute atomic E-state index is 13.0. The van der Waals surface area contributed by atoms with Crippen LogP contribution in [0.15, 0.2) is 48.8 Å². The highest BCUT2D eigenvalue weighted by atomic mass is 19.4. The Morgan fingerprint density at radius 1 is 0.903 bits per heavy atom. The zero-order valence-corrected chi connectivity index (χ0v) is 17.8. The summed E-state index contributed by atoms with van der Waals surface area (Å²) >= 11 is 0. The summed E-state index contributed by atoms with van der Waals surface area (Å²) in [5.41, 5.74) is 3.71. The second-order valence-corrected chi connectivity index (χ2v) is 8.49. The van der Waals surface area contributed by atoms with E-state index in [0.717, 1.165) is 54.6 Å². The molecule has 2 heterocycles. The molecule has 0 radical (unpaired) electrons. The van der Waals surface area contributed by atoms with E-state index >= 15 is 0 Å². The van der Waals surface area contributed by atoms with Gasteiger partial charge in [-0.25, -0.2) is 0 Å². The fourth-order valence-corrected chi connectivity index (χ4v) is 4.57. The highest BCUT2D eigenvalue weighted by molar-refractivity contribution is 5.83. The van der Waals surface area contributed by atoms with Gasteiger partial charge in [-0.05, 0) is 69.6 Å². The normalized spacial score (nSPS) is 20.1. The Labute approximate surface area is 180 Å². The van der Waals surface area contributed by atoms with Crippen LogP contribution in [0.5, 0.6) is 0 Å². The number of halogens is 3. The summed E-state index contributed by atoms with van der Waals surface area (Å²) < 4.78 is 39.0. The SMILES string of the molecule is CN(C)[C@H]1CCC[C@@H](c2[nH]nc(-c3ccc(C(F)(F)F)cc3)c2-c2ccncc2)CC1. The average Bonchev–Trinajstić information content (AvgIpc) is 3.04. The minimum atomic E-state index is -4.35. The monoisotopic (exact) mass is 428 g/mol. The third-order valence-electron chi connectivity index (χ3n) is 6.33. The summed E-state index contributed by atoms with van der Waals surface area (Å²) in [5, 5.41) is 7.83. The van der Waals surface area contributed by atoms with Gasteiger partial charge in [-0.1, -0.05) is 18.6 Å². The summed E-state index contributed by atoms with van der Waals surface area (Å²) in [7, 11) is 4.26. The Morgan fingerprint density at radius 2 is 1.61 bits per heavy atom. The molecular formula is C24H27F3N4. The maximum Gasteiger partial charge on any atom is 0.416 e. The van der Waals surface area contributed by atoms with Crippen molar-refractivity contribution in [1.29, 1.82) is 0 Å². The van der Waals surface area contributed by atoms with E-state index in [-0.39, 0.29) is 0 Å². The van der Waals surface area contributed by atoms with Gasteiger partial charge < -0.3 is 4.90 Å². The molecule has 164 valence electrons. The number of nitrogens with one attached hydrogen (secondary N) is 1. The Bertz CT molecular complexity index is 994. The third-order valence-corrected chi connectivity index (χ3v) is 6.33. The Hall–Kier alpha value is -2.67. The molecule has 1 N–H and O–H groups in total. The van der Waals surface area contributed by atoms with E-state index in [1.54, 1.807) is 12.4 Å². The molecule has 0 bridgehead atoms. The number of hydrogen-bond acceptors (Lipinski definition) is 3. The van der Waals surface area contributed by atoms with Crippen LogP contribution in [-0.2, 0) is 6.18 Å².